The lowest BCUT2D eigenvalue weighted by Gasteiger charge is -2.15. The van der Waals surface area contributed by atoms with E-state index in [4.69, 9.17) is 0 Å². The lowest BCUT2D eigenvalue weighted by atomic mass is 10.3. The SMILES string of the molecule is O=C1CCCN1CCCNc1cc(-n2ccnc2Nc2ccccc2I)ncn1. The van der Waals surface area contributed by atoms with Gasteiger partial charge in [-0.15, -0.1) is 0 Å². The Hall–Kier alpha value is -2.69. The Bertz CT molecular complexity index is 990. The zero-order valence-corrected chi connectivity index (χ0v) is 18.0. The van der Waals surface area contributed by atoms with E-state index in [9.17, 15) is 4.79 Å². The molecule has 150 valence electrons. The molecule has 9 heteroatoms. The van der Waals surface area contributed by atoms with Crippen LogP contribution in [0.25, 0.3) is 5.82 Å². The van der Waals surface area contributed by atoms with Crippen molar-refractivity contribution in [1.29, 1.82) is 0 Å². The Morgan fingerprint density at radius 2 is 2.07 bits per heavy atom. The molecule has 1 aliphatic heterocycles. The van der Waals surface area contributed by atoms with Gasteiger partial charge in [-0.2, -0.15) is 0 Å². The average Bonchev–Trinajstić information content (AvgIpc) is 3.36. The number of nitrogens with zero attached hydrogens (tertiary/aromatic N) is 5. The quantitative estimate of drug-likeness (QED) is 0.362. The smallest absolute Gasteiger partial charge is 0.222 e. The summed E-state index contributed by atoms with van der Waals surface area (Å²) in [5, 5.41) is 6.67. The Morgan fingerprint density at radius 1 is 1.17 bits per heavy atom. The van der Waals surface area contributed by atoms with E-state index in [1.165, 1.54) is 6.33 Å². The summed E-state index contributed by atoms with van der Waals surface area (Å²) in [7, 11) is 0. The molecule has 0 aliphatic carbocycles. The van der Waals surface area contributed by atoms with Crippen LogP contribution < -0.4 is 10.6 Å². The summed E-state index contributed by atoms with van der Waals surface area (Å²) in [5.74, 6) is 2.42. The van der Waals surface area contributed by atoms with Crippen molar-refractivity contribution in [3.05, 3.63) is 52.6 Å². The van der Waals surface area contributed by atoms with Crippen molar-refractivity contribution in [3.63, 3.8) is 0 Å². The van der Waals surface area contributed by atoms with Crippen molar-refractivity contribution in [1.82, 2.24) is 24.4 Å². The fourth-order valence-electron chi connectivity index (χ4n) is 3.27. The molecule has 3 aromatic rings. The molecular formula is C20H22IN7O. The van der Waals surface area contributed by atoms with E-state index >= 15 is 0 Å². The van der Waals surface area contributed by atoms with E-state index in [0.717, 1.165) is 53.4 Å². The molecule has 1 aliphatic rings. The van der Waals surface area contributed by atoms with E-state index in [0.29, 0.717) is 12.4 Å². The molecule has 0 spiro atoms. The van der Waals surface area contributed by atoms with Gasteiger partial charge in [0.15, 0.2) is 0 Å². The summed E-state index contributed by atoms with van der Waals surface area (Å²) in [6, 6.07) is 9.93. The third kappa shape index (κ3) is 4.84. The summed E-state index contributed by atoms with van der Waals surface area (Å²) in [6.45, 7) is 2.42. The van der Waals surface area contributed by atoms with Crippen LogP contribution in [0.3, 0.4) is 0 Å². The van der Waals surface area contributed by atoms with Crippen molar-refractivity contribution in [2.75, 3.05) is 30.3 Å². The molecule has 4 rings (SSSR count). The topological polar surface area (TPSA) is 88.0 Å². The number of hydrogen-bond acceptors (Lipinski definition) is 6. The van der Waals surface area contributed by atoms with Crippen LogP contribution in [0.1, 0.15) is 19.3 Å². The molecule has 1 saturated heterocycles. The molecule has 0 radical (unpaired) electrons. The Balaban J connectivity index is 1.39. The van der Waals surface area contributed by atoms with Crippen LogP contribution in [0.2, 0.25) is 0 Å². The normalized spacial score (nSPS) is 13.7. The second kappa shape index (κ2) is 9.21. The molecule has 2 aromatic heterocycles. The second-order valence-corrected chi connectivity index (χ2v) is 7.91. The number of para-hydroxylation sites is 1. The molecule has 0 unspecified atom stereocenters. The minimum atomic E-state index is 0.266. The highest BCUT2D eigenvalue weighted by Crippen LogP contribution is 2.23. The van der Waals surface area contributed by atoms with Crippen molar-refractivity contribution >= 4 is 46.0 Å². The molecular weight excluding hydrogens is 481 g/mol. The number of aromatic nitrogens is 4. The maximum absolute atomic E-state index is 11.7. The number of imidazole rings is 1. The number of carbonyl (C=O) groups excluding carboxylic acids is 1. The van der Waals surface area contributed by atoms with E-state index in [1.807, 2.05) is 46.0 Å². The van der Waals surface area contributed by atoms with Crippen LogP contribution in [0, 0.1) is 3.57 Å². The minimum Gasteiger partial charge on any atom is -0.370 e. The van der Waals surface area contributed by atoms with Gasteiger partial charge in [-0.1, -0.05) is 12.1 Å². The number of halogens is 1. The number of likely N-dealkylation sites (tertiary alicyclic amines) is 1. The van der Waals surface area contributed by atoms with Crippen LogP contribution >= 0.6 is 22.6 Å². The molecule has 0 atom stereocenters. The first-order chi connectivity index (χ1) is 14.2. The first-order valence-corrected chi connectivity index (χ1v) is 10.7. The minimum absolute atomic E-state index is 0.266. The fraction of sp³-hybridized carbons (Fsp3) is 0.300. The van der Waals surface area contributed by atoms with Gasteiger partial charge in [0.1, 0.15) is 18.0 Å². The predicted molar refractivity (Wildman–Crippen MR) is 121 cm³/mol. The lowest BCUT2D eigenvalue weighted by Crippen LogP contribution is -2.27. The van der Waals surface area contributed by atoms with Crippen molar-refractivity contribution in [3.8, 4) is 5.82 Å². The summed E-state index contributed by atoms with van der Waals surface area (Å²) >= 11 is 2.29. The highest BCUT2D eigenvalue weighted by molar-refractivity contribution is 14.1. The Labute approximate surface area is 182 Å². The molecule has 3 heterocycles. The van der Waals surface area contributed by atoms with E-state index in [1.54, 1.807) is 6.20 Å². The van der Waals surface area contributed by atoms with Gasteiger partial charge in [0.2, 0.25) is 11.9 Å². The monoisotopic (exact) mass is 503 g/mol. The molecule has 2 N–H and O–H groups in total. The zero-order chi connectivity index (χ0) is 20.1. The highest BCUT2D eigenvalue weighted by Gasteiger charge is 2.18. The third-order valence-corrected chi connectivity index (χ3v) is 5.68. The molecule has 1 amide bonds. The molecule has 1 aromatic carbocycles. The van der Waals surface area contributed by atoms with E-state index < -0.39 is 0 Å². The number of benzene rings is 1. The van der Waals surface area contributed by atoms with E-state index in [-0.39, 0.29) is 5.91 Å². The van der Waals surface area contributed by atoms with Gasteiger partial charge < -0.3 is 15.5 Å². The van der Waals surface area contributed by atoms with Gasteiger partial charge in [0.25, 0.3) is 0 Å². The van der Waals surface area contributed by atoms with Gasteiger partial charge in [0.05, 0.1) is 5.69 Å². The maximum Gasteiger partial charge on any atom is 0.222 e. The van der Waals surface area contributed by atoms with Gasteiger partial charge in [-0.3, -0.25) is 9.36 Å². The first kappa shape index (κ1) is 19.6. The van der Waals surface area contributed by atoms with Gasteiger partial charge >= 0.3 is 0 Å². The van der Waals surface area contributed by atoms with Crippen molar-refractivity contribution in [2.24, 2.45) is 0 Å². The second-order valence-electron chi connectivity index (χ2n) is 6.75. The van der Waals surface area contributed by atoms with Gasteiger partial charge in [-0.25, -0.2) is 15.0 Å². The number of nitrogens with one attached hydrogen (secondary N) is 2. The molecule has 0 saturated carbocycles. The van der Waals surface area contributed by atoms with Crippen molar-refractivity contribution in [2.45, 2.75) is 19.3 Å². The Morgan fingerprint density at radius 3 is 2.90 bits per heavy atom. The zero-order valence-electron chi connectivity index (χ0n) is 15.9. The maximum atomic E-state index is 11.7. The molecule has 1 fully saturated rings. The Kier molecular flexibility index (Phi) is 6.23. The number of rotatable bonds is 8. The standard InChI is InChI=1S/C20H22IN7O/c21-15-5-1-2-6-16(15)26-20-23-9-12-28(20)18-13-17(24-14-25-18)22-8-4-11-27-10-3-7-19(27)29/h1-2,5-6,9,12-14H,3-4,7-8,10-11H2,(H,23,26)(H,22,24,25). The van der Waals surface area contributed by atoms with Crippen LogP contribution in [0.4, 0.5) is 17.5 Å². The third-order valence-electron chi connectivity index (χ3n) is 4.74. The highest BCUT2D eigenvalue weighted by atomic mass is 127. The van der Waals surface area contributed by atoms with Gasteiger partial charge in [-0.05, 0) is 47.6 Å². The molecule has 29 heavy (non-hydrogen) atoms. The first-order valence-electron chi connectivity index (χ1n) is 9.60. The van der Waals surface area contributed by atoms with Gasteiger partial charge in [0, 0.05) is 48.1 Å². The number of hydrogen-bond donors (Lipinski definition) is 2. The summed E-state index contributed by atoms with van der Waals surface area (Å²) in [4.78, 5) is 26.7. The largest absolute Gasteiger partial charge is 0.370 e. The number of carbonyl (C=O) groups is 1. The lowest BCUT2D eigenvalue weighted by molar-refractivity contribution is -0.127. The number of amides is 1. The summed E-state index contributed by atoms with van der Waals surface area (Å²) in [6.07, 6.45) is 7.69. The van der Waals surface area contributed by atoms with Crippen LogP contribution in [-0.2, 0) is 4.79 Å². The number of anilines is 3. The fourth-order valence-corrected chi connectivity index (χ4v) is 3.79. The molecule has 8 nitrogen and oxygen atoms in total. The van der Waals surface area contributed by atoms with Crippen LogP contribution in [-0.4, -0.2) is 50.0 Å². The predicted octanol–water partition coefficient (Wildman–Crippen LogP) is 3.43. The van der Waals surface area contributed by atoms with E-state index in [2.05, 4.69) is 48.2 Å². The van der Waals surface area contributed by atoms with Crippen LogP contribution in [0.5, 0.6) is 0 Å². The molecule has 0 bridgehead atoms. The van der Waals surface area contributed by atoms with Crippen molar-refractivity contribution < 1.29 is 4.79 Å². The summed E-state index contributed by atoms with van der Waals surface area (Å²) < 4.78 is 3.00. The summed E-state index contributed by atoms with van der Waals surface area (Å²) in [5.41, 5.74) is 0.990. The van der Waals surface area contributed by atoms with Crippen LogP contribution in [0.15, 0.2) is 49.1 Å². The average molecular weight is 503 g/mol.